The molecule has 1 saturated heterocycles. The minimum Gasteiger partial charge on any atom is -0.497 e. The molecule has 7 heteroatoms. The van der Waals surface area contributed by atoms with Gasteiger partial charge in [-0.1, -0.05) is 6.07 Å². The van der Waals surface area contributed by atoms with Crippen molar-refractivity contribution in [3.05, 3.63) is 29.8 Å². The van der Waals surface area contributed by atoms with Crippen molar-refractivity contribution in [2.24, 2.45) is 0 Å². The smallest absolute Gasteiger partial charge is 0.254 e. The second-order valence-corrected chi connectivity index (χ2v) is 7.88. The highest BCUT2D eigenvalue weighted by atomic mass is 32.2. The molecule has 1 amide bonds. The Hall–Kier alpha value is -1.60. The number of carbonyl (C=O) groups excluding carboxylic acids is 1. The molecule has 6 nitrogen and oxygen atoms in total. The molecule has 1 heterocycles. The Bertz CT molecular complexity index is 662. The van der Waals surface area contributed by atoms with Crippen LogP contribution in [0.5, 0.6) is 5.75 Å². The highest BCUT2D eigenvalue weighted by Crippen LogP contribution is 2.31. The van der Waals surface area contributed by atoms with Crippen molar-refractivity contribution < 1.29 is 17.9 Å². The first-order valence-electron chi connectivity index (χ1n) is 7.44. The van der Waals surface area contributed by atoms with Crippen LogP contribution in [-0.4, -0.2) is 62.1 Å². The Morgan fingerprint density at radius 3 is 2.45 bits per heavy atom. The van der Waals surface area contributed by atoms with Crippen molar-refractivity contribution >= 4 is 15.9 Å². The molecule has 1 aromatic carbocycles. The summed E-state index contributed by atoms with van der Waals surface area (Å²) in [6, 6.07) is 7.02. The van der Waals surface area contributed by atoms with E-state index < -0.39 is 10.0 Å². The van der Waals surface area contributed by atoms with Gasteiger partial charge in [-0.2, -0.15) is 4.31 Å². The van der Waals surface area contributed by atoms with Gasteiger partial charge >= 0.3 is 0 Å². The van der Waals surface area contributed by atoms with Crippen molar-refractivity contribution in [1.29, 1.82) is 0 Å². The SMILES string of the molecule is COc1cccc(C(=O)N2CCN(S(=O)(=O)C3CC3)CC2)c1. The van der Waals surface area contributed by atoms with Crippen LogP contribution < -0.4 is 4.74 Å². The zero-order chi connectivity index (χ0) is 15.7. The molecular formula is C15H20N2O4S. The van der Waals surface area contributed by atoms with E-state index in [-0.39, 0.29) is 11.2 Å². The predicted octanol–water partition coefficient (Wildman–Crippen LogP) is 0.945. The third-order valence-electron chi connectivity index (χ3n) is 4.15. The largest absolute Gasteiger partial charge is 0.497 e. The Kier molecular flexibility index (Phi) is 4.10. The molecule has 1 saturated carbocycles. The summed E-state index contributed by atoms with van der Waals surface area (Å²) in [4.78, 5) is 14.2. The highest BCUT2D eigenvalue weighted by molar-refractivity contribution is 7.90. The van der Waals surface area contributed by atoms with Crippen molar-refractivity contribution in [3.63, 3.8) is 0 Å². The van der Waals surface area contributed by atoms with Crippen LogP contribution in [0.4, 0.5) is 0 Å². The molecule has 0 atom stereocenters. The van der Waals surface area contributed by atoms with Crippen LogP contribution in [0.25, 0.3) is 0 Å². The van der Waals surface area contributed by atoms with Crippen LogP contribution >= 0.6 is 0 Å². The molecule has 0 N–H and O–H groups in total. The number of hydrogen-bond acceptors (Lipinski definition) is 4. The summed E-state index contributed by atoms with van der Waals surface area (Å²) < 4.78 is 31.0. The number of benzene rings is 1. The number of methoxy groups -OCH3 is 1. The third-order valence-corrected chi connectivity index (χ3v) is 6.55. The summed E-state index contributed by atoms with van der Waals surface area (Å²) in [5, 5.41) is -0.187. The van der Waals surface area contributed by atoms with Gasteiger partial charge in [0.05, 0.1) is 12.4 Å². The fourth-order valence-electron chi connectivity index (χ4n) is 2.66. The number of rotatable bonds is 4. The summed E-state index contributed by atoms with van der Waals surface area (Å²) in [6.45, 7) is 1.63. The Labute approximate surface area is 130 Å². The first kappa shape index (κ1) is 15.3. The van der Waals surface area contributed by atoms with Crippen LogP contribution in [0, 0.1) is 0 Å². The summed E-state index contributed by atoms with van der Waals surface area (Å²) in [5.74, 6) is 0.558. The van der Waals surface area contributed by atoms with Crippen LogP contribution in [0.1, 0.15) is 23.2 Å². The molecule has 0 radical (unpaired) electrons. The van der Waals surface area contributed by atoms with E-state index in [0.29, 0.717) is 37.5 Å². The van der Waals surface area contributed by atoms with E-state index in [4.69, 9.17) is 4.74 Å². The fraction of sp³-hybridized carbons (Fsp3) is 0.533. The summed E-state index contributed by atoms with van der Waals surface area (Å²) in [6.07, 6.45) is 1.54. The Balaban J connectivity index is 1.64. The molecule has 22 heavy (non-hydrogen) atoms. The standard InChI is InChI=1S/C15H20N2O4S/c1-21-13-4-2-3-12(11-13)15(18)16-7-9-17(10-8-16)22(19,20)14-5-6-14/h2-4,11,14H,5-10H2,1H3. The molecule has 1 aliphatic heterocycles. The molecule has 3 rings (SSSR count). The number of carbonyl (C=O) groups is 1. The highest BCUT2D eigenvalue weighted by Gasteiger charge is 2.41. The van der Waals surface area contributed by atoms with E-state index in [1.54, 1.807) is 36.3 Å². The second-order valence-electron chi connectivity index (χ2n) is 5.67. The minimum absolute atomic E-state index is 0.0811. The van der Waals surface area contributed by atoms with Gasteiger partial charge in [-0.3, -0.25) is 4.79 Å². The van der Waals surface area contributed by atoms with Crippen molar-refractivity contribution in [2.45, 2.75) is 18.1 Å². The van der Waals surface area contributed by atoms with Gasteiger partial charge in [0.1, 0.15) is 5.75 Å². The Morgan fingerprint density at radius 2 is 1.86 bits per heavy atom. The van der Waals surface area contributed by atoms with Gasteiger partial charge in [0.15, 0.2) is 0 Å². The van der Waals surface area contributed by atoms with Crippen LogP contribution in [0.15, 0.2) is 24.3 Å². The average molecular weight is 324 g/mol. The van der Waals surface area contributed by atoms with Crippen LogP contribution in [0.2, 0.25) is 0 Å². The summed E-state index contributed by atoms with van der Waals surface area (Å²) in [7, 11) is -1.58. The average Bonchev–Trinajstić information content (AvgIpc) is 3.40. The van der Waals surface area contributed by atoms with Crippen molar-refractivity contribution in [1.82, 2.24) is 9.21 Å². The van der Waals surface area contributed by atoms with Gasteiger partial charge in [-0.15, -0.1) is 0 Å². The quantitative estimate of drug-likeness (QED) is 0.827. The number of hydrogen-bond donors (Lipinski definition) is 0. The van der Waals surface area contributed by atoms with Gasteiger partial charge in [-0.25, -0.2) is 8.42 Å². The number of piperazine rings is 1. The van der Waals surface area contributed by atoms with Crippen LogP contribution in [0.3, 0.4) is 0 Å². The summed E-state index contributed by atoms with van der Waals surface area (Å²) in [5.41, 5.74) is 0.567. The van der Waals surface area contributed by atoms with Gasteiger partial charge in [0.2, 0.25) is 10.0 Å². The molecule has 0 bridgehead atoms. The van der Waals surface area contributed by atoms with E-state index in [1.807, 2.05) is 0 Å². The minimum atomic E-state index is -3.14. The van der Waals surface area contributed by atoms with E-state index in [1.165, 1.54) is 4.31 Å². The molecule has 0 unspecified atom stereocenters. The number of ether oxygens (including phenoxy) is 1. The third kappa shape index (κ3) is 2.96. The van der Waals surface area contributed by atoms with E-state index >= 15 is 0 Å². The van der Waals surface area contributed by atoms with E-state index in [0.717, 1.165) is 12.8 Å². The number of nitrogens with zero attached hydrogens (tertiary/aromatic N) is 2. The molecule has 1 aromatic rings. The number of sulfonamides is 1. The van der Waals surface area contributed by atoms with Crippen molar-refractivity contribution in [3.8, 4) is 5.75 Å². The lowest BCUT2D eigenvalue weighted by molar-refractivity contribution is 0.0697. The molecule has 1 aliphatic carbocycles. The zero-order valence-electron chi connectivity index (χ0n) is 12.6. The van der Waals surface area contributed by atoms with Gasteiger partial charge in [0, 0.05) is 31.7 Å². The molecule has 2 fully saturated rings. The second kappa shape index (κ2) is 5.89. The number of amides is 1. The van der Waals surface area contributed by atoms with E-state index in [2.05, 4.69) is 0 Å². The first-order chi connectivity index (χ1) is 10.5. The van der Waals surface area contributed by atoms with Gasteiger partial charge in [0.25, 0.3) is 5.91 Å². The van der Waals surface area contributed by atoms with Gasteiger partial charge < -0.3 is 9.64 Å². The maximum absolute atomic E-state index is 12.5. The zero-order valence-corrected chi connectivity index (χ0v) is 13.4. The molecule has 120 valence electrons. The van der Waals surface area contributed by atoms with Crippen molar-refractivity contribution in [2.75, 3.05) is 33.3 Å². The topological polar surface area (TPSA) is 66.9 Å². The Morgan fingerprint density at radius 1 is 1.18 bits per heavy atom. The van der Waals surface area contributed by atoms with Crippen LogP contribution in [-0.2, 0) is 10.0 Å². The maximum Gasteiger partial charge on any atom is 0.254 e. The lowest BCUT2D eigenvalue weighted by Crippen LogP contribution is -2.51. The molecule has 0 spiro atoms. The predicted molar refractivity (Wildman–Crippen MR) is 82.4 cm³/mol. The summed E-state index contributed by atoms with van der Waals surface area (Å²) >= 11 is 0. The first-order valence-corrected chi connectivity index (χ1v) is 8.95. The normalized spacial score (nSPS) is 20.0. The lowest BCUT2D eigenvalue weighted by atomic mass is 10.1. The fourth-order valence-corrected chi connectivity index (χ4v) is 4.49. The molecule has 0 aromatic heterocycles. The molecule has 2 aliphatic rings. The maximum atomic E-state index is 12.5. The monoisotopic (exact) mass is 324 g/mol. The lowest BCUT2D eigenvalue weighted by Gasteiger charge is -2.34. The van der Waals surface area contributed by atoms with Gasteiger partial charge in [-0.05, 0) is 31.0 Å². The van der Waals surface area contributed by atoms with E-state index in [9.17, 15) is 13.2 Å². The molecular weight excluding hydrogens is 304 g/mol.